The predicted octanol–water partition coefficient (Wildman–Crippen LogP) is 1.13. The van der Waals surface area contributed by atoms with Gasteiger partial charge in [-0.2, -0.15) is 5.26 Å². The lowest BCUT2D eigenvalue weighted by molar-refractivity contribution is -0.138. The Kier molecular flexibility index (Phi) is 5.05. The Morgan fingerprint density at radius 1 is 1.39 bits per heavy atom. The fourth-order valence-electron chi connectivity index (χ4n) is 2.33. The summed E-state index contributed by atoms with van der Waals surface area (Å²) in [6.45, 7) is 0. The van der Waals surface area contributed by atoms with Gasteiger partial charge in [-0.1, -0.05) is 0 Å². The number of methoxy groups -OCH3 is 3. The molecule has 0 amide bonds. The van der Waals surface area contributed by atoms with Crippen LogP contribution in [0.25, 0.3) is 0 Å². The van der Waals surface area contributed by atoms with Crippen molar-refractivity contribution in [1.29, 1.82) is 5.26 Å². The summed E-state index contributed by atoms with van der Waals surface area (Å²) >= 11 is 0. The molecule has 2 rings (SSSR count). The second kappa shape index (κ2) is 7.00. The van der Waals surface area contributed by atoms with Gasteiger partial charge < -0.3 is 29.1 Å². The lowest BCUT2D eigenvalue weighted by Gasteiger charge is -2.29. The Labute approximate surface area is 132 Å². The van der Waals surface area contributed by atoms with Crippen molar-refractivity contribution in [2.24, 2.45) is 5.73 Å². The molecule has 0 radical (unpaired) electrons. The minimum Gasteiger partial charge on any atom is -0.468 e. The van der Waals surface area contributed by atoms with E-state index in [2.05, 4.69) is 0 Å². The van der Waals surface area contributed by atoms with Gasteiger partial charge in [0.2, 0.25) is 12.2 Å². The molecule has 8 nitrogen and oxygen atoms in total. The van der Waals surface area contributed by atoms with Gasteiger partial charge in [-0.3, -0.25) is 0 Å². The summed E-state index contributed by atoms with van der Waals surface area (Å²) in [6.07, 6.45) is 0.426. The Morgan fingerprint density at radius 3 is 2.57 bits per heavy atom. The van der Waals surface area contributed by atoms with Crippen molar-refractivity contribution in [2.75, 3.05) is 21.3 Å². The van der Waals surface area contributed by atoms with Gasteiger partial charge in [-0.05, 0) is 12.1 Å². The number of nitriles is 1. The second-order valence-corrected chi connectivity index (χ2v) is 4.51. The van der Waals surface area contributed by atoms with E-state index in [0.29, 0.717) is 5.76 Å². The first-order chi connectivity index (χ1) is 11.1. The van der Waals surface area contributed by atoms with Crippen LogP contribution in [0, 0.1) is 11.3 Å². The van der Waals surface area contributed by atoms with Crippen molar-refractivity contribution in [2.45, 2.75) is 12.2 Å². The minimum absolute atomic E-state index is 0.0137. The fourth-order valence-corrected chi connectivity index (χ4v) is 2.33. The number of nitrogens with two attached hydrogens (primary N) is 1. The number of hydrogen-bond donors (Lipinski definition) is 1. The van der Waals surface area contributed by atoms with E-state index in [1.165, 1.54) is 27.6 Å². The lowest BCUT2D eigenvalue weighted by Crippen LogP contribution is -2.31. The average molecular weight is 320 g/mol. The molecule has 0 spiro atoms. The minimum atomic E-state index is -1.000. The maximum Gasteiger partial charge on any atom is 0.338 e. The first kappa shape index (κ1) is 16.6. The van der Waals surface area contributed by atoms with Crippen LogP contribution in [0.2, 0.25) is 0 Å². The first-order valence-corrected chi connectivity index (χ1v) is 6.57. The largest absolute Gasteiger partial charge is 0.468 e. The second-order valence-electron chi connectivity index (χ2n) is 4.51. The molecule has 1 aromatic rings. The van der Waals surface area contributed by atoms with Gasteiger partial charge >= 0.3 is 5.97 Å². The zero-order valence-electron chi connectivity index (χ0n) is 12.9. The molecule has 0 unspecified atom stereocenters. The number of carbonyl (C=O) groups excluding carboxylic acids is 1. The van der Waals surface area contributed by atoms with Crippen molar-refractivity contribution in [3.63, 3.8) is 0 Å². The number of carbonyl (C=O) groups is 1. The van der Waals surface area contributed by atoms with E-state index in [4.69, 9.17) is 29.1 Å². The van der Waals surface area contributed by atoms with Gasteiger partial charge in [0.1, 0.15) is 17.4 Å². The number of allylic oxidation sites excluding steroid dienone is 1. The number of nitrogens with zero attached hydrogens (tertiary/aromatic N) is 1. The smallest absolute Gasteiger partial charge is 0.338 e. The molecule has 1 atom stereocenters. The number of ether oxygens (including phenoxy) is 4. The van der Waals surface area contributed by atoms with Crippen molar-refractivity contribution in [1.82, 2.24) is 0 Å². The Hall–Kier alpha value is -2.76. The summed E-state index contributed by atoms with van der Waals surface area (Å²) in [5.41, 5.74) is 5.89. The molecule has 0 aliphatic carbocycles. The monoisotopic (exact) mass is 320 g/mol. The van der Waals surface area contributed by atoms with E-state index >= 15 is 0 Å². The van der Waals surface area contributed by atoms with Gasteiger partial charge in [-0.15, -0.1) is 0 Å². The van der Waals surface area contributed by atoms with E-state index in [1.54, 1.807) is 12.1 Å². The van der Waals surface area contributed by atoms with E-state index in [1.807, 2.05) is 6.07 Å². The fraction of sp³-hybridized carbons (Fsp3) is 0.333. The van der Waals surface area contributed by atoms with Crippen molar-refractivity contribution in [3.8, 4) is 6.07 Å². The SMILES string of the molecule is COC(=O)C1=C(C(OC)OC)OC(N)=C(C#N)[C@H]1c1ccco1. The topological polar surface area (TPSA) is 117 Å². The molecule has 0 fully saturated rings. The number of esters is 1. The van der Waals surface area contributed by atoms with Crippen molar-refractivity contribution in [3.05, 3.63) is 46.9 Å². The van der Waals surface area contributed by atoms with Crippen LogP contribution in [0.1, 0.15) is 11.7 Å². The summed E-state index contributed by atoms with van der Waals surface area (Å²) in [4.78, 5) is 12.3. The highest BCUT2D eigenvalue weighted by molar-refractivity contribution is 5.92. The third-order valence-corrected chi connectivity index (χ3v) is 3.32. The summed E-state index contributed by atoms with van der Waals surface area (Å²) in [7, 11) is 3.97. The number of rotatable bonds is 5. The van der Waals surface area contributed by atoms with Gasteiger partial charge in [0, 0.05) is 14.2 Å². The zero-order valence-corrected chi connectivity index (χ0v) is 12.9. The summed E-state index contributed by atoms with van der Waals surface area (Å²) < 4.78 is 25.9. The molecule has 0 saturated heterocycles. The Morgan fingerprint density at radius 2 is 2.09 bits per heavy atom. The van der Waals surface area contributed by atoms with Gasteiger partial charge in [0.05, 0.1) is 24.9 Å². The quantitative estimate of drug-likeness (QED) is 0.634. The Bertz CT molecular complexity index is 679. The van der Waals surface area contributed by atoms with Gasteiger partial charge in [0.25, 0.3) is 0 Å². The highest BCUT2D eigenvalue weighted by Crippen LogP contribution is 2.41. The molecule has 0 bridgehead atoms. The van der Waals surface area contributed by atoms with Crippen LogP contribution in [0.4, 0.5) is 0 Å². The average Bonchev–Trinajstić information content (AvgIpc) is 3.08. The molecular formula is C15H16N2O6. The summed E-state index contributed by atoms with van der Waals surface area (Å²) in [6, 6.07) is 5.20. The van der Waals surface area contributed by atoms with Crippen LogP contribution in [0.15, 0.2) is 45.6 Å². The van der Waals surface area contributed by atoms with Crippen molar-refractivity contribution < 1.29 is 28.2 Å². The maximum atomic E-state index is 12.3. The Balaban J connectivity index is 2.69. The van der Waals surface area contributed by atoms with Gasteiger partial charge in [-0.25, -0.2) is 4.79 Å². The molecule has 0 aromatic carbocycles. The third-order valence-electron chi connectivity index (χ3n) is 3.32. The van der Waals surface area contributed by atoms with E-state index in [9.17, 15) is 10.1 Å². The number of hydrogen-bond acceptors (Lipinski definition) is 8. The molecule has 2 N–H and O–H groups in total. The maximum absolute atomic E-state index is 12.3. The highest BCUT2D eigenvalue weighted by Gasteiger charge is 2.41. The van der Waals surface area contributed by atoms with Crippen molar-refractivity contribution >= 4 is 5.97 Å². The van der Waals surface area contributed by atoms with Crippen LogP contribution in [-0.4, -0.2) is 33.6 Å². The summed E-state index contributed by atoms with van der Waals surface area (Å²) in [5, 5.41) is 9.40. The molecular weight excluding hydrogens is 304 g/mol. The van der Waals surface area contributed by atoms with Crippen LogP contribution in [0.5, 0.6) is 0 Å². The van der Waals surface area contributed by atoms with E-state index in [0.717, 1.165) is 0 Å². The van der Waals surface area contributed by atoms with Crippen LogP contribution in [-0.2, 0) is 23.7 Å². The first-order valence-electron chi connectivity index (χ1n) is 6.57. The lowest BCUT2D eigenvalue weighted by atomic mass is 9.86. The summed E-state index contributed by atoms with van der Waals surface area (Å²) in [5.74, 6) is -1.38. The predicted molar refractivity (Wildman–Crippen MR) is 76.2 cm³/mol. The highest BCUT2D eigenvalue weighted by atomic mass is 16.7. The molecule has 122 valence electrons. The van der Waals surface area contributed by atoms with Crippen LogP contribution in [0.3, 0.4) is 0 Å². The van der Waals surface area contributed by atoms with Crippen LogP contribution >= 0.6 is 0 Å². The molecule has 23 heavy (non-hydrogen) atoms. The normalized spacial score (nSPS) is 18.0. The molecule has 1 aliphatic heterocycles. The molecule has 8 heteroatoms. The molecule has 1 aromatic heterocycles. The third kappa shape index (κ3) is 2.92. The van der Waals surface area contributed by atoms with Gasteiger partial charge in [0.15, 0.2) is 5.76 Å². The standard InChI is InChI=1S/C15H16N2O6/c1-19-14(18)11-10(9-5-4-6-22-9)8(7-16)13(17)23-12(11)15(20-2)21-3/h4-6,10,15H,17H2,1-3H3/t10-/m0/s1. The molecule has 2 heterocycles. The molecule has 1 aliphatic rings. The zero-order chi connectivity index (χ0) is 17.0. The van der Waals surface area contributed by atoms with Crippen LogP contribution < -0.4 is 5.73 Å². The van der Waals surface area contributed by atoms with E-state index < -0.39 is 18.2 Å². The van der Waals surface area contributed by atoms with E-state index in [-0.39, 0.29) is 22.8 Å². The number of furan rings is 1. The molecule has 0 saturated carbocycles.